The Bertz CT molecular complexity index is 464. The van der Waals surface area contributed by atoms with Crippen LogP contribution in [0.3, 0.4) is 0 Å². The molecule has 1 fully saturated rings. The van der Waals surface area contributed by atoms with Gasteiger partial charge in [-0.15, -0.1) is 11.3 Å². The molecule has 0 atom stereocenters. The van der Waals surface area contributed by atoms with Gasteiger partial charge in [0.15, 0.2) is 0 Å². The van der Waals surface area contributed by atoms with Gasteiger partial charge in [0.25, 0.3) is 5.91 Å². The highest BCUT2D eigenvalue weighted by molar-refractivity contribution is 7.80. The first-order chi connectivity index (χ1) is 8.93. The number of rotatable bonds is 3. The highest BCUT2D eigenvalue weighted by atomic mass is 32.1. The summed E-state index contributed by atoms with van der Waals surface area (Å²) in [6.45, 7) is 6.96. The first kappa shape index (κ1) is 14.4. The Kier molecular flexibility index (Phi) is 4.17. The van der Waals surface area contributed by atoms with Gasteiger partial charge in [-0.3, -0.25) is 9.69 Å². The minimum absolute atomic E-state index is 0.00836. The van der Waals surface area contributed by atoms with E-state index in [2.05, 4.69) is 9.88 Å². The second kappa shape index (κ2) is 5.52. The zero-order valence-corrected chi connectivity index (χ0v) is 12.8. The summed E-state index contributed by atoms with van der Waals surface area (Å²) >= 11 is 6.54. The van der Waals surface area contributed by atoms with Gasteiger partial charge in [-0.25, -0.2) is 4.98 Å². The Hall–Kier alpha value is -1.05. The predicted octanol–water partition coefficient (Wildman–Crippen LogP) is 0.966. The van der Waals surface area contributed by atoms with Crippen molar-refractivity contribution in [2.45, 2.75) is 19.4 Å². The van der Waals surface area contributed by atoms with Crippen LogP contribution in [0.5, 0.6) is 0 Å². The van der Waals surface area contributed by atoms with Crippen molar-refractivity contribution in [2.75, 3.05) is 26.2 Å². The molecule has 19 heavy (non-hydrogen) atoms. The number of nitrogens with two attached hydrogens (primary N) is 1. The van der Waals surface area contributed by atoms with Crippen molar-refractivity contribution in [3.63, 3.8) is 0 Å². The fourth-order valence-corrected chi connectivity index (χ4v) is 2.76. The number of hydrogen-bond donors (Lipinski definition) is 1. The molecule has 1 aliphatic heterocycles. The largest absolute Gasteiger partial charge is 0.392 e. The zero-order chi connectivity index (χ0) is 14.0. The van der Waals surface area contributed by atoms with Crippen molar-refractivity contribution in [3.8, 4) is 0 Å². The minimum Gasteiger partial charge on any atom is -0.392 e. The van der Waals surface area contributed by atoms with Crippen LogP contribution in [0.2, 0.25) is 0 Å². The SMILES string of the molecule is CC(C)(C(N)=S)N1CCN(C(=O)c2cscn2)CC1. The molecule has 104 valence electrons. The van der Waals surface area contributed by atoms with Gasteiger partial charge in [-0.05, 0) is 13.8 Å². The van der Waals surface area contributed by atoms with Crippen LogP contribution in [0.1, 0.15) is 24.3 Å². The summed E-state index contributed by atoms with van der Waals surface area (Å²) in [4.78, 5) is 20.8. The van der Waals surface area contributed by atoms with E-state index in [0.717, 1.165) is 13.1 Å². The number of nitrogens with zero attached hydrogens (tertiary/aromatic N) is 3. The summed E-state index contributed by atoms with van der Waals surface area (Å²) in [5, 5.41) is 1.79. The van der Waals surface area contributed by atoms with E-state index in [4.69, 9.17) is 18.0 Å². The van der Waals surface area contributed by atoms with Gasteiger partial charge in [0.2, 0.25) is 0 Å². The van der Waals surface area contributed by atoms with Gasteiger partial charge in [0, 0.05) is 31.6 Å². The summed E-state index contributed by atoms with van der Waals surface area (Å²) in [6, 6.07) is 0. The lowest BCUT2D eigenvalue weighted by molar-refractivity contribution is 0.0535. The average molecular weight is 298 g/mol. The molecule has 0 bridgehead atoms. The van der Waals surface area contributed by atoms with Crippen molar-refractivity contribution >= 4 is 34.5 Å². The Morgan fingerprint density at radius 2 is 2.05 bits per heavy atom. The van der Waals surface area contributed by atoms with Crippen LogP contribution in [0, 0.1) is 0 Å². The first-order valence-corrected chi connectivity index (χ1v) is 7.50. The van der Waals surface area contributed by atoms with Crippen LogP contribution in [0.15, 0.2) is 10.9 Å². The fraction of sp³-hybridized carbons (Fsp3) is 0.583. The Morgan fingerprint density at radius 1 is 1.42 bits per heavy atom. The zero-order valence-electron chi connectivity index (χ0n) is 11.1. The van der Waals surface area contributed by atoms with Crippen LogP contribution in [0.4, 0.5) is 0 Å². The van der Waals surface area contributed by atoms with Gasteiger partial charge in [0.1, 0.15) is 5.69 Å². The summed E-state index contributed by atoms with van der Waals surface area (Å²) in [7, 11) is 0. The number of carbonyl (C=O) groups excluding carboxylic acids is 1. The molecule has 5 nitrogen and oxygen atoms in total. The fourth-order valence-electron chi connectivity index (χ4n) is 2.10. The summed E-state index contributed by atoms with van der Waals surface area (Å²) in [5.41, 5.74) is 7.69. The van der Waals surface area contributed by atoms with Crippen LogP contribution < -0.4 is 5.73 Å². The molecular formula is C12H18N4OS2. The maximum absolute atomic E-state index is 12.2. The lowest BCUT2D eigenvalue weighted by Gasteiger charge is -2.43. The van der Waals surface area contributed by atoms with Crippen molar-refractivity contribution in [1.82, 2.24) is 14.8 Å². The third-order valence-electron chi connectivity index (χ3n) is 3.61. The van der Waals surface area contributed by atoms with Gasteiger partial charge in [-0.1, -0.05) is 12.2 Å². The van der Waals surface area contributed by atoms with Gasteiger partial charge in [0.05, 0.1) is 16.0 Å². The lowest BCUT2D eigenvalue weighted by Crippen LogP contribution is -2.59. The molecule has 1 aromatic heterocycles. The van der Waals surface area contributed by atoms with E-state index in [1.54, 1.807) is 10.9 Å². The number of piperazine rings is 1. The topological polar surface area (TPSA) is 62.5 Å². The number of thiazole rings is 1. The minimum atomic E-state index is -0.300. The number of thiocarbonyl (C=S) groups is 1. The summed E-state index contributed by atoms with van der Waals surface area (Å²) < 4.78 is 0. The first-order valence-electron chi connectivity index (χ1n) is 6.15. The summed E-state index contributed by atoms with van der Waals surface area (Å²) in [5.74, 6) is 0.00836. The molecule has 2 heterocycles. The molecule has 1 aliphatic rings. The maximum Gasteiger partial charge on any atom is 0.273 e. The van der Waals surface area contributed by atoms with Crippen molar-refractivity contribution in [2.24, 2.45) is 5.73 Å². The molecule has 0 aromatic carbocycles. The Labute approximate surface area is 122 Å². The number of carbonyl (C=O) groups is 1. The number of hydrogen-bond acceptors (Lipinski definition) is 5. The van der Waals surface area contributed by atoms with Crippen LogP contribution >= 0.6 is 23.6 Å². The van der Waals surface area contributed by atoms with Gasteiger partial charge in [-0.2, -0.15) is 0 Å². The van der Waals surface area contributed by atoms with Crippen LogP contribution in [-0.2, 0) is 0 Å². The van der Waals surface area contributed by atoms with Gasteiger partial charge < -0.3 is 10.6 Å². The normalized spacial score (nSPS) is 17.5. The monoisotopic (exact) mass is 298 g/mol. The third kappa shape index (κ3) is 2.93. The second-order valence-corrected chi connectivity index (χ2v) is 6.23. The highest BCUT2D eigenvalue weighted by Gasteiger charge is 2.33. The summed E-state index contributed by atoms with van der Waals surface area (Å²) in [6.07, 6.45) is 0. The maximum atomic E-state index is 12.2. The van der Waals surface area contributed by atoms with Crippen molar-refractivity contribution in [3.05, 3.63) is 16.6 Å². The van der Waals surface area contributed by atoms with Crippen molar-refractivity contribution < 1.29 is 4.79 Å². The van der Waals surface area contributed by atoms with Crippen molar-refractivity contribution in [1.29, 1.82) is 0 Å². The molecule has 7 heteroatoms. The van der Waals surface area contributed by atoms with E-state index in [1.807, 2.05) is 18.7 Å². The number of aromatic nitrogens is 1. The Balaban J connectivity index is 1.96. The quantitative estimate of drug-likeness (QED) is 0.842. The molecule has 2 N–H and O–H groups in total. The van der Waals surface area contributed by atoms with E-state index in [-0.39, 0.29) is 11.4 Å². The molecule has 0 unspecified atom stereocenters. The van der Waals surface area contributed by atoms with E-state index in [1.165, 1.54) is 11.3 Å². The molecule has 0 radical (unpaired) electrons. The lowest BCUT2D eigenvalue weighted by atomic mass is 10.0. The van der Waals surface area contributed by atoms with Crippen LogP contribution in [-0.4, -0.2) is 57.4 Å². The molecule has 0 saturated carbocycles. The van der Waals surface area contributed by atoms with E-state index in [0.29, 0.717) is 23.8 Å². The molecule has 1 saturated heterocycles. The molecule has 1 aromatic rings. The molecular weight excluding hydrogens is 280 g/mol. The molecule has 1 amide bonds. The predicted molar refractivity (Wildman–Crippen MR) is 80.5 cm³/mol. The van der Waals surface area contributed by atoms with Crippen LogP contribution in [0.25, 0.3) is 0 Å². The molecule has 2 rings (SSSR count). The van der Waals surface area contributed by atoms with E-state index in [9.17, 15) is 4.79 Å². The van der Waals surface area contributed by atoms with E-state index < -0.39 is 0 Å². The standard InChI is InChI=1S/C12H18N4OS2/c1-12(2,11(13)18)16-5-3-15(4-6-16)10(17)9-7-19-8-14-9/h7-8H,3-6H2,1-2H3,(H2,13,18). The second-order valence-electron chi connectivity index (χ2n) is 5.08. The highest BCUT2D eigenvalue weighted by Crippen LogP contribution is 2.18. The molecule has 0 aliphatic carbocycles. The number of amides is 1. The third-order valence-corrected chi connectivity index (χ3v) is 4.70. The molecule has 0 spiro atoms. The van der Waals surface area contributed by atoms with E-state index >= 15 is 0 Å². The Morgan fingerprint density at radius 3 is 2.53 bits per heavy atom. The smallest absolute Gasteiger partial charge is 0.273 e. The van der Waals surface area contributed by atoms with Gasteiger partial charge >= 0.3 is 0 Å². The average Bonchev–Trinajstić information content (AvgIpc) is 2.91.